The van der Waals surface area contributed by atoms with Crippen LogP contribution in [0.4, 0.5) is 0 Å². The second kappa shape index (κ2) is 8.08. The van der Waals surface area contributed by atoms with E-state index in [-0.39, 0.29) is 18.4 Å². The van der Waals surface area contributed by atoms with E-state index in [4.69, 9.17) is 22.1 Å². The van der Waals surface area contributed by atoms with Crippen LogP contribution in [0.2, 0.25) is 5.02 Å². The zero-order valence-corrected chi connectivity index (χ0v) is 13.7. The van der Waals surface area contributed by atoms with Gasteiger partial charge >= 0.3 is 0 Å². The highest BCUT2D eigenvalue weighted by atomic mass is 35.5. The number of likely N-dealkylation sites (tertiary alicyclic amines) is 1. The maximum absolute atomic E-state index is 6.26. The molecule has 0 aromatic heterocycles. The summed E-state index contributed by atoms with van der Waals surface area (Å²) in [6.45, 7) is 5.16. The molecule has 3 nitrogen and oxygen atoms in total. The zero-order chi connectivity index (χ0) is 13.8. The molecule has 2 rings (SSSR count). The summed E-state index contributed by atoms with van der Waals surface area (Å²) in [5.41, 5.74) is 7.16. The first kappa shape index (κ1) is 17.6. The summed E-state index contributed by atoms with van der Waals surface area (Å²) in [4.78, 5) is 2.44. The lowest BCUT2D eigenvalue weighted by Gasteiger charge is -2.34. The standard InChI is InChI=1S/C15H23ClN2O.ClH/c1-11(17)12-4-3-7-18(9-12)10-13-8-14(19-2)5-6-15(13)16;/h5-6,8,11-12H,3-4,7,9-10,17H2,1-2H3;1H. The minimum absolute atomic E-state index is 0. The number of halogens is 2. The SMILES string of the molecule is COc1ccc(Cl)c(CN2CCCC(C(C)N)C2)c1.Cl. The number of hydrogen-bond acceptors (Lipinski definition) is 3. The number of nitrogens with two attached hydrogens (primary N) is 1. The van der Waals surface area contributed by atoms with E-state index in [1.54, 1.807) is 7.11 Å². The van der Waals surface area contributed by atoms with Crippen molar-refractivity contribution >= 4 is 24.0 Å². The Balaban J connectivity index is 0.00000200. The molecule has 0 spiro atoms. The van der Waals surface area contributed by atoms with Gasteiger partial charge in [-0.15, -0.1) is 12.4 Å². The molecule has 0 amide bonds. The van der Waals surface area contributed by atoms with Crippen LogP contribution in [0.5, 0.6) is 5.75 Å². The number of rotatable bonds is 4. The highest BCUT2D eigenvalue weighted by molar-refractivity contribution is 6.31. The van der Waals surface area contributed by atoms with Gasteiger partial charge in [-0.25, -0.2) is 0 Å². The van der Waals surface area contributed by atoms with E-state index in [0.717, 1.165) is 36.0 Å². The molecule has 5 heteroatoms. The fraction of sp³-hybridized carbons (Fsp3) is 0.600. The normalized spacial score (nSPS) is 21.1. The third-order valence-corrected chi connectivity index (χ3v) is 4.30. The molecule has 2 unspecified atom stereocenters. The Kier molecular flexibility index (Phi) is 7.10. The van der Waals surface area contributed by atoms with Gasteiger partial charge in [-0.1, -0.05) is 11.6 Å². The average Bonchev–Trinajstić information content (AvgIpc) is 2.41. The van der Waals surface area contributed by atoms with Crippen LogP contribution >= 0.6 is 24.0 Å². The summed E-state index contributed by atoms with van der Waals surface area (Å²) < 4.78 is 5.26. The zero-order valence-electron chi connectivity index (χ0n) is 12.1. The second-order valence-corrected chi connectivity index (χ2v) is 5.86. The summed E-state index contributed by atoms with van der Waals surface area (Å²) in [6, 6.07) is 6.09. The van der Waals surface area contributed by atoms with Crippen molar-refractivity contribution in [3.63, 3.8) is 0 Å². The van der Waals surface area contributed by atoms with E-state index in [1.165, 1.54) is 12.8 Å². The molecular weight excluding hydrogens is 295 g/mol. The van der Waals surface area contributed by atoms with Gasteiger partial charge in [-0.2, -0.15) is 0 Å². The maximum Gasteiger partial charge on any atom is 0.119 e. The van der Waals surface area contributed by atoms with Gasteiger partial charge in [-0.05, 0) is 56.0 Å². The molecule has 1 aromatic rings. The van der Waals surface area contributed by atoms with Crippen LogP contribution in [0.25, 0.3) is 0 Å². The highest BCUT2D eigenvalue weighted by Crippen LogP contribution is 2.26. The third kappa shape index (κ3) is 4.52. The molecular formula is C15H24Cl2N2O. The number of nitrogens with zero attached hydrogens (tertiary/aromatic N) is 1. The first-order chi connectivity index (χ1) is 9.10. The van der Waals surface area contributed by atoms with Crippen LogP contribution in [0.15, 0.2) is 18.2 Å². The van der Waals surface area contributed by atoms with Gasteiger partial charge in [0.25, 0.3) is 0 Å². The van der Waals surface area contributed by atoms with Gasteiger partial charge in [0.05, 0.1) is 7.11 Å². The van der Waals surface area contributed by atoms with Gasteiger partial charge < -0.3 is 10.5 Å². The molecule has 114 valence electrons. The van der Waals surface area contributed by atoms with Gasteiger partial charge in [-0.3, -0.25) is 4.90 Å². The lowest BCUT2D eigenvalue weighted by Crippen LogP contribution is -2.41. The molecule has 0 radical (unpaired) electrons. The molecule has 1 aliphatic heterocycles. The molecule has 20 heavy (non-hydrogen) atoms. The highest BCUT2D eigenvalue weighted by Gasteiger charge is 2.23. The summed E-state index contributed by atoms with van der Waals surface area (Å²) in [7, 11) is 1.68. The van der Waals surface area contributed by atoms with Crippen LogP contribution in [-0.4, -0.2) is 31.1 Å². The Morgan fingerprint density at radius 3 is 2.90 bits per heavy atom. The van der Waals surface area contributed by atoms with Gasteiger partial charge in [0, 0.05) is 24.2 Å². The summed E-state index contributed by atoms with van der Waals surface area (Å²) in [6.07, 6.45) is 2.45. The summed E-state index contributed by atoms with van der Waals surface area (Å²) in [5, 5.41) is 0.809. The molecule has 2 N–H and O–H groups in total. The van der Waals surface area contributed by atoms with E-state index in [2.05, 4.69) is 11.8 Å². The smallest absolute Gasteiger partial charge is 0.119 e. The lowest BCUT2D eigenvalue weighted by molar-refractivity contribution is 0.154. The van der Waals surface area contributed by atoms with E-state index >= 15 is 0 Å². The number of ether oxygens (including phenoxy) is 1. The molecule has 1 aliphatic rings. The van der Waals surface area contributed by atoms with Crippen molar-refractivity contribution in [2.45, 2.75) is 32.4 Å². The van der Waals surface area contributed by atoms with Crippen molar-refractivity contribution in [1.82, 2.24) is 4.90 Å². The van der Waals surface area contributed by atoms with Crippen molar-refractivity contribution in [2.75, 3.05) is 20.2 Å². The van der Waals surface area contributed by atoms with Crippen molar-refractivity contribution in [3.8, 4) is 5.75 Å². The van der Waals surface area contributed by atoms with Crippen molar-refractivity contribution in [3.05, 3.63) is 28.8 Å². The number of benzene rings is 1. The molecule has 0 aliphatic carbocycles. The van der Waals surface area contributed by atoms with Crippen LogP contribution in [-0.2, 0) is 6.54 Å². The third-order valence-electron chi connectivity index (χ3n) is 3.93. The monoisotopic (exact) mass is 318 g/mol. The van der Waals surface area contributed by atoms with Gasteiger partial charge in [0.2, 0.25) is 0 Å². The van der Waals surface area contributed by atoms with Crippen molar-refractivity contribution in [1.29, 1.82) is 0 Å². The van der Waals surface area contributed by atoms with E-state index in [0.29, 0.717) is 5.92 Å². The maximum atomic E-state index is 6.26. The molecule has 0 bridgehead atoms. The Hall–Kier alpha value is -0.480. The van der Waals surface area contributed by atoms with Crippen LogP contribution < -0.4 is 10.5 Å². The minimum Gasteiger partial charge on any atom is -0.497 e. The fourth-order valence-corrected chi connectivity index (χ4v) is 2.88. The predicted molar refractivity (Wildman–Crippen MR) is 86.9 cm³/mol. The first-order valence-electron chi connectivity index (χ1n) is 6.90. The molecule has 1 heterocycles. The quantitative estimate of drug-likeness (QED) is 0.925. The molecule has 2 atom stereocenters. The van der Waals surface area contributed by atoms with Crippen molar-refractivity contribution in [2.24, 2.45) is 11.7 Å². The number of piperidine rings is 1. The average molecular weight is 319 g/mol. The Bertz CT molecular complexity index is 426. The largest absolute Gasteiger partial charge is 0.497 e. The minimum atomic E-state index is 0. The fourth-order valence-electron chi connectivity index (χ4n) is 2.70. The Morgan fingerprint density at radius 2 is 2.25 bits per heavy atom. The van der Waals surface area contributed by atoms with Crippen LogP contribution in [0, 0.1) is 5.92 Å². The van der Waals surface area contributed by atoms with E-state index in [1.807, 2.05) is 18.2 Å². The van der Waals surface area contributed by atoms with Gasteiger partial charge in [0.15, 0.2) is 0 Å². The summed E-state index contributed by atoms with van der Waals surface area (Å²) in [5.74, 6) is 1.46. The van der Waals surface area contributed by atoms with Crippen molar-refractivity contribution < 1.29 is 4.74 Å². The van der Waals surface area contributed by atoms with Crippen LogP contribution in [0.1, 0.15) is 25.3 Å². The molecule has 0 saturated carbocycles. The van der Waals surface area contributed by atoms with E-state index < -0.39 is 0 Å². The first-order valence-corrected chi connectivity index (χ1v) is 7.28. The van der Waals surface area contributed by atoms with E-state index in [9.17, 15) is 0 Å². The van der Waals surface area contributed by atoms with Crippen LogP contribution in [0.3, 0.4) is 0 Å². The Labute approximate surface area is 132 Å². The van der Waals surface area contributed by atoms with Gasteiger partial charge in [0.1, 0.15) is 5.75 Å². The summed E-state index contributed by atoms with van der Waals surface area (Å²) >= 11 is 6.26. The lowest BCUT2D eigenvalue weighted by atomic mass is 9.92. The molecule has 1 fully saturated rings. The molecule has 1 aromatic carbocycles. The second-order valence-electron chi connectivity index (χ2n) is 5.45. The Morgan fingerprint density at radius 1 is 1.50 bits per heavy atom. The topological polar surface area (TPSA) is 38.5 Å². The molecule has 1 saturated heterocycles. The predicted octanol–water partition coefficient (Wildman–Crippen LogP) is 3.33. The number of hydrogen-bond donors (Lipinski definition) is 1. The number of methoxy groups -OCH3 is 1.